The summed E-state index contributed by atoms with van der Waals surface area (Å²) in [5, 5.41) is 0. The maximum atomic E-state index is 9.38. The summed E-state index contributed by atoms with van der Waals surface area (Å²) in [4.78, 5) is 0. The molecule has 0 fully saturated rings. The Morgan fingerprint density at radius 3 is 0.379 bits per heavy atom. The maximum absolute atomic E-state index is 9.38. The molecule has 184 valence electrons. The average molecular weight is 978 g/mol. The van der Waals surface area contributed by atoms with Gasteiger partial charge in [0.2, 0.25) is 0 Å². The Hall–Kier alpha value is 2.95. The molecule has 0 aliphatic heterocycles. The first-order valence-corrected chi connectivity index (χ1v) is 16.5. The van der Waals surface area contributed by atoms with Gasteiger partial charge in [-0.3, -0.25) is 0 Å². The summed E-state index contributed by atoms with van der Waals surface area (Å²) in [6, 6.07) is 0. The predicted octanol–water partition coefficient (Wildman–Crippen LogP) is -8.78. The van der Waals surface area contributed by atoms with E-state index < -0.39 is 81.7 Å². The van der Waals surface area contributed by atoms with Crippen molar-refractivity contribution in [2.75, 3.05) is 0 Å². The van der Waals surface area contributed by atoms with Crippen LogP contribution in [0.1, 0.15) is 0 Å². The molecule has 0 saturated carbocycles. The third-order valence-corrected chi connectivity index (χ3v) is 8.50. The van der Waals surface area contributed by atoms with E-state index in [2.05, 4.69) is 8.52 Å². The van der Waals surface area contributed by atoms with Crippen molar-refractivity contribution in [2.45, 2.75) is 0 Å². The molecule has 0 amide bonds. The van der Waals surface area contributed by atoms with Crippen molar-refractivity contribution in [3.8, 4) is 0 Å². The fourth-order valence-corrected chi connectivity index (χ4v) is 5.21. The molecular formula is Cr6Ho2O21. The monoisotopic (exact) mass is 977 g/mol. The third kappa shape index (κ3) is 59.1. The summed E-state index contributed by atoms with van der Waals surface area (Å²) in [5.74, 6) is 0. The van der Waals surface area contributed by atoms with Gasteiger partial charge in [-0.15, -0.1) is 0 Å². The zero-order chi connectivity index (χ0) is 23.1. The zero-order valence-corrected chi connectivity index (χ0v) is 23.1. The van der Waals surface area contributed by atoms with Gasteiger partial charge in [-0.25, -0.2) is 0 Å². The van der Waals surface area contributed by atoms with Gasteiger partial charge in [0, 0.05) is 0 Å². The van der Waals surface area contributed by atoms with Crippen LogP contribution in [0.4, 0.5) is 0 Å². The minimum absolute atomic E-state index is 0. The molecule has 0 aliphatic carbocycles. The van der Waals surface area contributed by atoms with Crippen molar-refractivity contribution in [1.29, 1.82) is 0 Å². The average Bonchev–Trinajstić information content (AvgIpc) is 1.96. The van der Waals surface area contributed by atoms with Crippen LogP contribution in [-0.4, -0.2) is 0 Å². The van der Waals surface area contributed by atoms with E-state index in [9.17, 15) is 70.6 Å². The van der Waals surface area contributed by atoms with Crippen LogP contribution >= 0.6 is 0 Å². The molecule has 0 saturated heterocycles. The van der Waals surface area contributed by atoms with Gasteiger partial charge in [0.1, 0.15) is 0 Å². The molecule has 0 N–H and O–H groups in total. The molecule has 0 aromatic heterocycles. The van der Waals surface area contributed by atoms with Gasteiger partial charge in [-0.05, 0) is 0 Å². The van der Waals surface area contributed by atoms with Crippen molar-refractivity contribution >= 4 is 0 Å². The van der Waals surface area contributed by atoms with E-state index in [-0.39, 0.29) is 75.5 Å². The van der Waals surface area contributed by atoms with Gasteiger partial charge in [0.15, 0.2) is 0 Å². The Morgan fingerprint density at radius 2 is 0.379 bits per heavy atom. The van der Waals surface area contributed by atoms with Crippen molar-refractivity contribution in [1.82, 2.24) is 0 Å². The van der Waals surface area contributed by atoms with Crippen LogP contribution in [0.15, 0.2) is 0 Å². The molecule has 0 unspecified atom stereocenters. The molecule has 0 atom stereocenters. The topological polar surface area (TPSA) is 371 Å². The van der Waals surface area contributed by atoms with E-state index in [1.165, 1.54) is 0 Å². The molecule has 21 nitrogen and oxygen atoms in total. The molecule has 0 bridgehead atoms. The quantitative estimate of drug-likeness (QED) is 0.223. The van der Waals surface area contributed by atoms with Crippen LogP contribution in [0.25, 0.3) is 0 Å². The second-order valence-corrected chi connectivity index (χ2v) is 13.6. The second kappa shape index (κ2) is 15.8. The SMILES string of the molecule is [Ho+3].[Ho+3].[O]=[Cr](=[O])([O-])[O][Cr](=[O])(=[O])[O-].[O]=[Cr](=[O])([O-])[O][Cr](=[O])(=[O])[O-].[O]=[Cr](=[O])([O-])[O][Cr](=[O])(=[O])[O-]. The molecule has 0 rings (SSSR count). The van der Waals surface area contributed by atoms with E-state index in [4.69, 9.17) is 0 Å². The molecule has 0 spiro atoms. The summed E-state index contributed by atoms with van der Waals surface area (Å²) >= 11 is -36.4. The molecule has 29 heteroatoms. The third-order valence-electron chi connectivity index (χ3n) is 0.500. The molecule has 0 aromatic rings. The predicted molar refractivity (Wildman–Crippen MR) is 11.5 cm³/mol. The fraction of sp³-hybridized carbons (Fsp3) is 0. The summed E-state index contributed by atoms with van der Waals surface area (Å²) in [5.41, 5.74) is 0. The number of hydrogen-bond acceptors (Lipinski definition) is 21. The van der Waals surface area contributed by atoms with Crippen LogP contribution in [0.2, 0.25) is 0 Å². The molecule has 0 heterocycles. The normalized spacial score (nSPS) is 12.6. The van der Waals surface area contributed by atoms with Gasteiger partial charge in [0.25, 0.3) is 0 Å². The first-order chi connectivity index (χ1) is 11.1. The van der Waals surface area contributed by atoms with Crippen LogP contribution in [0.5, 0.6) is 0 Å². The molecule has 0 aromatic carbocycles. The van der Waals surface area contributed by atoms with Gasteiger partial charge >= 0.3 is 236 Å². The Labute approximate surface area is 232 Å². The van der Waals surface area contributed by atoms with Crippen LogP contribution < -0.4 is 24.9 Å². The van der Waals surface area contributed by atoms with Crippen molar-refractivity contribution in [3.63, 3.8) is 0 Å². The summed E-state index contributed by atoms with van der Waals surface area (Å²) in [6.45, 7) is 0. The summed E-state index contributed by atoms with van der Waals surface area (Å²) in [7, 11) is 0. The van der Waals surface area contributed by atoms with E-state index in [1.807, 2.05) is 0 Å². The fourth-order valence-electron chi connectivity index (χ4n) is 0.306. The second-order valence-electron chi connectivity index (χ2n) is 2.65. The number of rotatable bonds is 6. The number of hydrogen-bond donors (Lipinski definition) is 0. The van der Waals surface area contributed by atoms with Crippen molar-refractivity contribution < 1.29 is 236 Å². The van der Waals surface area contributed by atoms with Gasteiger partial charge < -0.3 is 0 Å². The van der Waals surface area contributed by atoms with E-state index >= 15 is 0 Å². The summed E-state index contributed by atoms with van der Waals surface area (Å²) < 4.78 is 177. The van der Waals surface area contributed by atoms with Gasteiger partial charge in [-0.1, -0.05) is 0 Å². The Balaban J connectivity index is -0.0000000960. The van der Waals surface area contributed by atoms with E-state index in [0.29, 0.717) is 0 Å². The first kappa shape index (κ1) is 42.1. The molecule has 29 heavy (non-hydrogen) atoms. The molecule has 0 radical (unpaired) electrons. The van der Waals surface area contributed by atoms with E-state index in [1.54, 1.807) is 0 Å². The van der Waals surface area contributed by atoms with Crippen molar-refractivity contribution in [2.24, 2.45) is 0 Å². The Bertz CT molecular complexity index is 854. The first-order valence-electron chi connectivity index (χ1n) is 4.00. The Kier molecular flexibility index (Phi) is 22.9. The summed E-state index contributed by atoms with van der Waals surface area (Å²) in [6.07, 6.45) is 0. The standard InChI is InChI=1S/6Cr.2Ho.21O/q;;;;;;2*+3;;;;;;;;;;;;;;;;6*-1. The van der Waals surface area contributed by atoms with Gasteiger partial charge in [0.05, 0.1) is 0 Å². The Morgan fingerprint density at radius 1 is 0.310 bits per heavy atom. The molecular weight excluding hydrogens is 978 g/mol. The van der Waals surface area contributed by atoms with Gasteiger partial charge in [-0.2, -0.15) is 0 Å². The molecule has 0 aliphatic rings. The van der Waals surface area contributed by atoms with Crippen LogP contribution in [-0.2, 0) is 136 Å². The van der Waals surface area contributed by atoms with Crippen molar-refractivity contribution in [3.05, 3.63) is 0 Å². The zero-order valence-electron chi connectivity index (χ0n) is 11.6. The van der Waals surface area contributed by atoms with E-state index in [0.717, 1.165) is 0 Å². The minimum atomic E-state index is -6.07. The van der Waals surface area contributed by atoms with Crippen LogP contribution in [0.3, 0.4) is 0 Å². The van der Waals surface area contributed by atoms with Crippen LogP contribution in [0, 0.1) is 75.5 Å².